The molecular formula is C22H31ClO2. The van der Waals surface area contributed by atoms with Gasteiger partial charge in [0.15, 0.2) is 0 Å². The summed E-state index contributed by atoms with van der Waals surface area (Å²) < 4.78 is 0. The molecule has 4 rings (SSSR count). The van der Waals surface area contributed by atoms with Gasteiger partial charge in [0.2, 0.25) is 5.24 Å². The Kier molecular flexibility index (Phi) is 4.22. The van der Waals surface area contributed by atoms with Gasteiger partial charge in [-0.1, -0.05) is 31.9 Å². The van der Waals surface area contributed by atoms with Gasteiger partial charge < -0.3 is 0 Å². The standard InChI is InChI=1S/C22H31ClO2/c1-13(24)19-16(20(23)25)12-18-15-8-7-14-6-4-5-10-21(14,2)17(15)9-11-22(18,19)3/h7,15-19H,4-6,8-12H2,1-3H3/t15-,16+,17+,18+,19+,21+,22+/m1/s1. The first kappa shape index (κ1) is 17.8. The van der Waals surface area contributed by atoms with Crippen molar-refractivity contribution in [2.45, 2.75) is 72.1 Å². The van der Waals surface area contributed by atoms with Crippen LogP contribution >= 0.6 is 11.6 Å². The Hall–Kier alpha value is -0.630. The van der Waals surface area contributed by atoms with Crippen LogP contribution in [0.2, 0.25) is 0 Å². The normalized spacial score (nSPS) is 48.8. The van der Waals surface area contributed by atoms with E-state index < -0.39 is 0 Å². The number of hydrogen-bond acceptors (Lipinski definition) is 2. The predicted octanol–water partition coefficient (Wildman–Crippen LogP) is 5.54. The largest absolute Gasteiger partial charge is 0.300 e. The van der Waals surface area contributed by atoms with Crippen molar-refractivity contribution >= 4 is 22.6 Å². The van der Waals surface area contributed by atoms with Crippen LogP contribution in [0.1, 0.15) is 72.1 Å². The van der Waals surface area contributed by atoms with Crippen molar-refractivity contribution in [3.05, 3.63) is 11.6 Å². The van der Waals surface area contributed by atoms with Crippen LogP contribution in [0.3, 0.4) is 0 Å². The maximum atomic E-state index is 12.4. The van der Waals surface area contributed by atoms with E-state index in [4.69, 9.17) is 11.6 Å². The monoisotopic (exact) mass is 362 g/mol. The molecule has 7 atom stereocenters. The van der Waals surface area contributed by atoms with E-state index in [9.17, 15) is 9.59 Å². The molecule has 0 aromatic carbocycles. The van der Waals surface area contributed by atoms with E-state index in [0.717, 1.165) is 25.2 Å². The average Bonchev–Trinajstić information content (AvgIpc) is 2.88. The smallest absolute Gasteiger partial charge is 0.225 e. The van der Waals surface area contributed by atoms with Crippen molar-refractivity contribution < 1.29 is 9.59 Å². The summed E-state index contributed by atoms with van der Waals surface area (Å²) in [7, 11) is 0. The highest BCUT2D eigenvalue weighted by molar-refractivity contribution is 6.64. The van der Waals surface area contributed by atoms with Gasteiger partial charge in [-0.2, -0.15) is 0 Å². The highest BCUT2D eigenvalue weighted by Gasteiger charge is 2.62. The Morgan fingerprint density at radius 2 is 1.92 bits per heavy atom. The fraction of sp³-hybridized carbons (Fsp3) is 0.818. The van der Waals surface area contributed by atoms with Gasteiger partial charge >= 0.3 is 0 Å². The number of carbonyl (C=O) groups excluding carboxylic acids is 2. The van der Waals surface area contributed by atoms with Gasteiger partial charge in [0.25, 0.3) is 0 Å². The zero-order valence-electron chi connectivity index (χ0n) is 15.8. The lowest BCUT2D eigenvalue weighted by Gasteiger charge is -2.57. The van der Waals surface area contributed by atoms with Crippen molar-refractivity contribution in [1.82, 2.24) is 0 Å². The van der Waals surface area contributed by atoms with E-state index in [1.165, 1.54) is 32.1 Å². The van der Waals surface area contributed by atoms with E-state index in [2.05, 4.69) is 19.9 Å². The van der Waals surface area contributed by atoms with Crippen molar-refractivity contribution in [2.24, 2.45) is 40.4 Å². The zero-order valence-corrected chi connectivity index (χ0v) is 16.6. The summed E-state index contributed by atoms with van der Waals surface area (Å²) in [5, 5.41) is -0.289. The number of Topliss-reactive ketones (excluding diaryl/α,β-unsaturated/α-hetero) is 1. The number of ketones is 1. The molecular weight excluding hydrogens is 332 g/mol. The molecule has 0 spiro atoms. The summed E-state index contributed by atoms with van der Waals surface area (Å²) in [5.41, 5.74) is 2.02. The summed E-state index contributed by atoms with van der Waals surface area (Å²) in [6, 6.07) is 0. The van der Waals surface area contributed by atoms with Gasteiger partial charge in [0.05, 0.1) is 0 Å². The fourth-order valence-corrected chi connectivity index (χ4v) is 7.93. The second-order valence-electron chi connectivity index (χ2n) is 9.75. The third-order valence-electron chi connectivity index (χ3n) is 8.81. The molecule has 3 saturated carbocycles. The Labute approximate surface area is 156 Å². The quantitative estimate of drug-likeness (QED) is 0.477. The molecule has 0 heterocycles. The third kappa shape index (κ3) is 2.42. The molecule has 0 aromatic heterocycles. The first-order valence-corrected chi connectivity index (χ1v) is 10.6. The maximum absolute atomic E-state index is 12.4. The van der Waals surface area contributed by atoms with Gasteiger partial charge in [0, 0.05) is 11.8 Å². The lowest BCUT2D eigenvalue weighted by molar-refractivity contribution is -0.132. The third-order valence-corrected chi connectivity index (χ3v) is 9.09. The molecule has 25 heavy (non-hydrogen) atoms. The van der Waals surface area contributed by atoms with Crippen LogP contribution in [-0.2, 0) is 9.59 Å². The van der Waals surface area contributed by atoms with Crippen LogP contribution in [0.5, 0.6) is 0 Å². The summed E-state index contributed by atoms with van der Waals surface area (Å²) in [6.07, 6.45) is 12.1. The number of rotatable bonds is 2. The number of fused-ring (bicyclic) bond motifs is 5. The van der Waals surface area contributed by atoms with Crippen LogP contribution < -0.4 is 0 Å². The van der Waals surface area contributed by atoms with Gasteiger partial charge in [-0.15, -0.1) is 0 Å². The van der Waals surface area contributed by atoms with Crippen LogP contribution in [0.25, 0.3) is 0 Å². The Bertz CT molecular complexity index is 638. The summed E-state index contributed by atoms with van der Waals surface area (Å²) in [6.45, 7) is 6.44. The van der Waals surface area contributed by atoms with E-state index in [1.54, 1.807) is 12.5 Å². The molecule has 0 aromatic rings. The van der Waals surface area contributed by atoms with Crippen molar-refractivity contribution in [1.29, 1.82) is 0 Å². The highest BCUT2D eigenvalue weighted by Crippen LogP contribution is 2.67. The molecule has 138 valence electrons. The van der Waals surface area contributed by atoms with E-state index in [1.807, 2.05) is 0 Å². The zero-order chi connectivity index (χ0) is 18.0. The SMILES string of the molecule is CC(=O)[C@H]1[C@@H](C(=O)Cl)C[C@H]2[C@@H]3CC=C4CCCC[C@]4(C)[C@H]3CC[C@@]21C. The minimum Gasteiger partial charge on any atom is -0.300 e. The van der Waals surface area contributed by atoms with Crippen molar-refractivity contribution in [3.8, 4) is 0 Å². The minimum atomic E-state index is -0.289. The number of carbonyl (C=O) groups is 2. The van der Waals surface area contributed by atoms with Crippen molar-refractivity contribution in [2.75, 3.05) is 0 Å². The molecule has 0 aliphatic heterocycles. The van der Waals surface area contributed by atoms with Crippen LogP contribution in [0.15, 0.2) is 11.6 Å². The van der Waals surface area contributed by atoms with Crippen LogP contribution in [-0.4, -0.2) is 11.0 Å². The Morgan fingerprint density at radius 1 is 1.16 bits per heavy atom. The fourth-order valence-electron chi connectivity index (χ4n) is 7.72. The second kappa shape index (κ2) is 5.94. The van der Waals surface area contributed by atoms with E-state index >= 15 is 0 Å². The lowest BCUT2D eigenvalue weighted by Crippen LogP contribution is -2.50. The summed E-state index contributed by atoms with van der Waals surface area (Å²) >= 11 is 5.96. The number of hydrogen-bond donors (Lipinski definition) is 0. The molecule has 3 fully saturated rings. The summed E-state index contributed by atoms with van der Waals surface area (Å²) in [5.74, 6) is 1.53. The van der Waals surface area contributed by atoms with Crippen LogP contribution in [0, 0.1) is 40.4 Å². The number of allylic oxidation sites excluding steroid dienone is 2. The van der Waals surface area contributed by atoms with Gasteiger partial charge in [-0.25, -0.2) is 0 Å². The molecule has 2 nitrogen and oxygen atoms in total. The minimum absolute atomic E-state index is 0.0431. The molecule has 0 saturated heterocycles. The predicted molar refractivity (Wildman–Crippen MR) is 100 cm³/mol. The molecule has 3 heteroatoms. The highest BCUT2D eigenvalue weighted by atomic mass is 35.5. The van der Waals surface area contributed by atoms with Gasteiger partial charge in [-0.05, 0) is 92.1 Å². The summed E-state index contributed by atoms with van der Waals surface area (Å²) in [4.78, 5) is 24.5. The first-order chi connectivity index (χ1) is 11.8. The molecule has 0 N–H and O–H groups in total. The molecule has 0 bridgehead atoms. The Morgan fingerprint density at radius 3 is 2.60 bits per heavy atom. The topological polar surface area (TPSA) is 34.1 Å². The number of halogens is 1. The van der Waals surface area contributed by atoms with Gasteiger partial charge in [-0.3, -0.25) is 9.59 Å². The second-order valence-corrected chi connectivity index (χ2v) is 10.1. The van der Waals surface area contributed by atoms with E-state index in [0.29, 0.717) is 17.3 Å². The lowest BCUT2D eigenvalue weighted by atomic mass is 9.47. The van der Waals surface area contributed by atoms with Crippen molar-refractivity contribution in [3.63, 3.8) is 0 Å². The maximum Gasteiger partial charge on any atom is 0.225 e. The Balaban J connectivity index is 1.72. The first-order valence-electron chi connectivity index (χ1n) is 10.2. The van der Waals surface area contributed by atoms with Crippen LogP contribution in [0.4, 0.5) is 0 Å². The van der Waals surface area contributed by atoms with E-state index in [-0.39, 0.29) is 28.3 Å². The molecule has 0 radical (unpaired) electrons. The molecule has 0 amide bonds. The van der Waals surface area contributed by atoms with Gasteiger partial charge in [0.1, 0.15) is 5.78 Å². The molecule has 4 aliphatic carbocycles. The molecule has 0 unspecified atom stereocenters. The average molecular weight is 363 g/mol. The molecule has 4 aliphatic rings.